The fourth-order valence-corrected chi connectivity index (χ4v) is 5.37. The monoisotopic (exact) mass is 485 g/mol. The molecule has 9 heteroatoms. The molecule has 3 fully saturated rings. The van der Waals surface area contributed by atoms with Crippen molar-refractivity contribution in [1.29, 1.82) is 0 Å². The summed E-state index contributed by atoms with van der Waals surface area (Å²) < 4.78 is 5.66. The zero-order valence-corrected chi connectivity index (χ0v) is 21.3. The quantitative estimate of drug-likeness (QED) is 0.561. The molecule has 3 aliphatic rings. The Labute approximate surface area is 208 Å². The highest BCUT2D eigenvalue weighted by molar-refractivity contribution is 5.99. The number of carbonyl (C=O) groups is 3. The molecule has 0 spiro atoms. The first kappa shape index (κ1) is 25.6. The minimum atomic E-state index is -0.709. The predicted molar refractivity (Wildman–Crippen MR) is 135 cm³/mol. The smallest absolute Gasteiger partial charge is 0.251 e. The number of piperazine rings is 1. The third kappa shape index (κ3) is 5.22. The Morgan fingerprint density at radius 1 is 1.11 bits per heavy atom. The van der Waals surface area contributed by atoms with Crippen LogP contribution in [0.25, 0.3) is 0 Å². The van der Waals surface area contributed by atoms with E-state index < -0.39 is 12.1 Å². The highest BCUT2D eigenvalue weighted by Crippen LogP contribution is 2.29. The molecule has 0 unspecified atom stereocenters. The van der Waals surface area contributed by atoms with Gasteiger partial charge >= 0.3 is 0 Å². The van der Waals surface area contributed by atoms with Gasteiger partial charge in [-0.2, -0.15) is 0 Å². The van der Waals surface area contributed by atoms with Gasteiger partial charge in [-0.05, 0) is 43.8 Å². The lowest BCUT2D eigenvalue weighted by Crippen LogP contribution is -2.54. The topological polar surface area (TPSA) is 94.2 Å². The lowest BCUT2D eigenvalue weighted by Gasteiger charge is -2.35. The summed E-state index contributed by atoms with van der Waals surface area (Å²) in [5.41, 5.74) is 1.63. The molecular formula is C26H39N5O4. The summed E-state index contributed by atoms with van der Waals surface area (Å²) in [5.74, 6) is -0.651. The van der Waals surface area contributed by atoms with Crippen molar-refractivity contribution in [3.05, 3.63) is 29.8 Å². The standard InChI is InChI=1S/C26H39N5O4/c1-5-17(3)22(26(34)31-15-20(27-4)24-23(31)21(32)16-35-24)28-25(33)18-7-9-19(10-8-18)30-13-11-29(6-2)12-14-30/h7-10,17,20,22-24,27H,5-6,11-16H2,1-4H3,(H,28,33)/t17-,20-,22-,23+,24+/m0/s1. The van der Waals surface area contributed by atoms with E-state index >= 15 is 0 Å². The molecule has 3 saturated heterocycles. The second-order valence-electron chi connectivity index (χ2n) is 9.88. The van der Waals surface area contributed by atoms with Crippen LogP contribution in [-0.2, 0) is 14.3 Å². The first-order valence-electron chi connectivity index (χ1n) is 12.9. The fourth-order valence-electron chi connectivity index (χ4n) is 5.37. The van der Waals surface area contributed by atoms with Gasteiger partial charge in [-0.1, -0.05) is 27.2 Å². The number of likely N-dealkylation sites (N-methyl/N-ethyl adjacent to an activating group) is 2. The minimum Gasteiger partial charge on any atom is -0.369 e. The van der Waals surface area contributed by atoms with Gasteiger partial charge in [-0.15, -0.1) is 0 Å². The van der Waals surface area contributed by atoms with Crippen molar-refractivity contribution in [2.45, 2.75) is 51.4 Å². The van der Waals surface area contributed by atoms with Crippen LogP contribution >= 0.6 is 0 Å². The second-order valence-corrected chi connectivity index (χ2v) is 9.88. The largest absolute Gasteiger partial charge is 0.369 e. The summed E-state index contributed by atoms with van der Waals surface area (Å²) in [6.07, 6.45) is 0.387. The fraction of sp³-hybridized carbons (Fsp3) is 0.654. The first-order chi connectivity index (χ1) is 16.9. The Morgan fingerprint density at radius 3 is 2.40 bits per heavy atom. The zero-order chi connectivity index (χ0) is 25.1. The number of amides is 2. The van der Waals surface area contributed by atoms with Gasteiger partial charge in [0.15, 0.2) is 5.78 Å². The predicted octanol–water partition coefficient (Wildman–Crippen LogP) is 0.740. The van der Waals surface area contributed by atoms with Gasteiger partial charge in [-0.3, -0.25) is 14.4 Å². The van der Waals surface area contributed by atoms with Gasteiger partial charge in [0.25, 0.3) is 5.91 Å². The van der Waals surface area contributed by atoms with E-state index in [9.17, 15) is 14.4 Å². The first-order valence-corrected chi connectivity index (χ1v) is 12.9. The van der Waals surface area contributed by atoms with Crippen molar-refractivity contribution < 1.29 is 19.1 Å². The van der Waals surface area contributed by atoms with Crippen LogP contribution in [0.1, 0.15) is 37.6 Å². The van der Waals surface area contributed by atoms with Crippen molar-refractivity contribution in [1.82, 2.24) is 20.4 Å². The maximum Gasteiger partial charge on any atom is 0.251 e. The molecule has 2 N–H and O–H groups in total. The number of carbonyl (C=O) groups excluding carboxylic acids is 3. The number of hydrogen-bond acceptors (Lipinski definition) is 7. The Bertz CT molecular complexity index is 915. The van der Waals surface area contributed by atoms with Gasteiger partial charge in [0.2, 0.25) is 5.91 Å². The molecule has 1 aromatic rings. The summed E-state index contributed by atoms with van der Waals surface area (Å²) in [6, 6.07) is 6.21. The normalized spacial score (nSPS) is 26.5. The molecule has 5 atom stereocenters. The number of nitrogens with zero attached hydrogens (tertiary/aromatic N) is 3. The van der Waals surface area contributed by atoms with Gasteiger partial charge < -0.3 is 30.1 Å². The molecule has 9 nitrogen and oxygen atoms in total. The maximum atomic E-state index is 13.6. The number of anilines is 1. The van der Waals surface area contributed by atoms with Gasteiger partial charge in [0.1, 0.15) is 24.8 Å². The van der Waals surface area contributed by atoms with Gasteiger partial charge in [0, 0.05) is 44.0 Å². The molecule has 192 valence electrons. The van der Waals surface area contributed by atoms with E-state index in [1.807, 2.05) is 45.2 Å². The number of nitrogens with one attached hydrogen (secondary N) is 2. The Kier molecular flexibility index (Phi) is 8.09. The van der Waals surface area contributed by atoms with Crippen molar-refractivity contribution in [2.24, 2.45) is 5.92 Å². The molecule has 0 radical (unpaired) electrons. The molecule has 3 aliphatic heterocycles. The van der Waals surface area contributed by atoms with E-state index in [2.05, 4.69) is 27.4 Å². The Hall–Kier alpha value is -2.49. The molecular weight excluding hydrogens is 446 g/mol. The van der Waals surface area contributed by atoms with Crippen LogP contribution in [0.5, 0.6) is 0 Å². The van der Waals surface area contributed by atoms with E-state index in [-0.39, 0.29) is 42.3 Å². The molecule has 0 aromatic heterocycles. The van der Waals surface area contributed by atoms with Crippen LogP contribution in [0.4, 0.5) is 5.69 Å². The number of rotatable bonds is 8. The average Bonchev–Trinajstić information content (AvgIpc) is 3.46. The molecule has 0 aliphatic carbocycles. The summed E-state index contributed by atoms with van der Waals surface area (Å²) in [6.45, 7) is 11.6. The maximum absolute atomic E-state index is 13.6. The lowest BCUT2D eigenvalue weighted by molar-refractivity contribution is -0.139. The number of fused-ring (bicyclic) bond motifs is 1. The Balaban J connectivity index is 1.44. The van der Waals surface area contributed by atoms with Crippen LogP contribution in [-0.4, -0.2) is 105 Å². The summed E-state index contributed by atoms with van der Waals surface area (Å²) in [7, 11) is 1.81. The van der Waals surface area contributed by atoms with Crippen LogP contribution in [0.2, 0.25) is 0 Å². The SMILES string of the molecule is CC[C@H](C)[C@H](NC(=O)c1ccc(N2CCN(CC)CC2)cc1)C(=O)N1C[C@H](NC)[C@H]2OCC(=O)[C@H]21. The van der Waals surface area contributed by atoms with Gasteiger partial charge in [-0.25, -0.2) is 0 Å². The summed E-state index contributed by atoms with van der Waals surface area (Å²) in [4.78, 5) is 45.7. The molecule has 0 saturated carbocycles. The van der Waals surface area contributed by atoms with Crippen LogP contribution in [0.15, 0.2) is 24.3 Å². The van der Waals surface area contributed by atoms with E-state index in [1.165, 1.54) is 0 Å². The summed E-state index contributed by atoms with van der Waals surface area (Å²) >= 11 is 0. The number of benzene rings is 1. The number of ether oxygens (including phenoxy) is 1. The highest BCUT2D eigenvalue weighted by atomic mass is 16.5. The van der Waals surface area contributed by atoms with Crippen LogP contribution in [0.3, 0.4) is 0 Å². The van der Waals surface area contributed by atoms with E-state index in [0.29, 0.717) is 12.1 Å². The summed E-state index contributed by atoms with van der Waals surface area (Å²) in [5, 5.41) is 6.14. The van der Waals surface area contributed by atoms with Gasteiger partial charge in [0.05, 0.1) is 6.04 Å². The Morgan fingerprint density at radius 2 is 1.80 bits per heavy atom. The highest BCUT2D eigenvalue weighted by Gasteiger charge is 2.53. The number of Topliss-reactive ketones (excluding diaryl/α,β-unsaturated/α-hetero) is 1. The number of likely N-dealkylation sites (tertiary alicyclic amines) is 1. The third-order valence-electron chi connectivity index (χ3n) is 7.92. The molecule has 0 bridgehead atoms. The molecule has 3 heterocycles. The molecule has 2 amide bonds. The van der Waals surface area contributed by atoms with Crippen LogP contribution < -0.4 is 15.5 Å². The van der Waals surface area contributed by atoms with E-state index in [0.717, 1.165) is 44.8 Å². The minimum absolute atomic E-state index is 0.0253. The van der Waals surface area contributed by atoms with Crippen molar-refractivity contribution >= 4 is 23.3 Å². The lowest BCUT2D eigenvalue weighted by atomic mass is 9.96. The number of ketones is 1. The average molecular weight is 486 g/mol. The molecule has 35 heavy (non-hydrogen) atoms. The zero-order valence-electron chi connectivity index (χ0n) is 21.3. The van der Waals surface area contributed by atoms with Crippen LogP contribution in [0, 0.1) is 5.92 Å². The van der Waals surface area contributed by atoms with Crippen molar-refractivity contribution in [2.75, 3.05) is 57.8 Å². The van der Waals surface area contributed by atoms with E-state index in [1.54, 1.807) is 4.90 Å². The second kappa shape index (κ2) is 11.1. The number of hydrogen-bond donors (Lipinski definition) is 2. The molecule has 4 rings (SSSR count). The van der Waals surface area contributed by atoms with Crippen molar-refractivity contribution in [3.8, 4) is 0 Å². The molecule has 1 aromatic carbocycles. The third-order valence-corrected chi connectivity index (χ3v) is 7.92. The van der Waals surface area contributed by atoms with E-state index in [4.69, 9.17) is 4.74 Å². The van der Waals surface area contributed by atoms with Crippen molar-refractivity contribution in [3.63, 3.8) is 0 Å².